The van der Waals surface area contributed by atoms with Gasteiger partial charge < -0.3 is 9.64 Å². The number of anilines is 1. The van der Waals surface area contributed by atoms with Crippen molar-refractivity contribution < 1.29 is 26.9 Å². The molecule has 3 aromatic rings. The first-order valence-corrected chi connectivity index (χ1v) is 13.3. The summed E-state index contributed by atoms with van der Waals surface area (Å²) in [6, 6.07) is 7.91. The van der Waals surface area contributed by atoms with Crippen LogP contribution in [0, 0.1) is 11.7 Å². The van der Waals surface area contributed by atoms with E-state index in [0.29, 0.717) is 24.2 Å². The minimum absolute atomic E-state index is 0.147. The van der Waals surface area contributed by atoms with E-state index in [1.807, 2.05) is 19.1 Å². The molecule has 1 aromatic carbocycles. The van der Waals surface area contributed by atoms with Crippen LogP contribution in [0.1, 0.15) is 48.1 Å². The Morgan fingerprint density at radius 1 is 1.32 bits per heavy atom. The molecule has 1 aliphatic heterocycles. The number of benzene rings is 1. The van der Waals surface area contributed by atoms with Gasteiger partial charge in [-0.25, -0.2) is 26.2 Å². The van der Waals surface area contributed by atoms with Crippen molar-refractivity contribution in [2.75, 3.05) is 31.6 Å². The largest absolute Gasteiger partial charge is 0.493 e. The maximum atomic E-state index is 14.5. The fourth-order valence-electron chi connectivity index (χ4n) is 4.58. The van der Waals surface area contributed by atoms with Crippen molar-refractivity contribution in [3.8, 4) is 5.75 Å². The van der Waals surface area contributed by atoms with Gasteiger partial charge in [0.25, 0.3) is 11.8 Å². The third-order valence-corrected chi connectivity index (χ3v) is 8.11. The summed E-state index contributed by atoms with van der Waals surface area (Å²) in [6.07, 6.45) is 4.60. The van der Waals surface area contributed by atoms with Crippen molar-refractivity contribution in [2.45, 2.75) is 38.2 Å². The van der Waals surface area contributed by atoms with Crippen LogP contribution in [-0.2, 0) is 11.2 Å². The highest BCUT2D eigenvalue weighted by atomic mass is 32.2. The number of halogens is 3. The molecule has 198 valence electrons. The molecule has 2 unspecified atom stereocenters. The van der Waals surface area contributed by atoms with Crippen LogP contribution in [-0.4, -0.2) is 56.7 Å². The Balaban J connectivity index is 1.38. The van der Waals surface area contributed by atoms with Gasteiger partial charge in [-0.2, -0.15) is 5.10 Å². The molecule has 2 aliphatic rings. The molecule has 2 aromatic heterocycles. The van der Waals surface area contributed by atoms with Crippen molar-refractivity contribution in [3.05, 3.63) is 59.7 Å². The summed E-state index contributed by atoms with van der Waals surface area (Å²) in [5.74, 6) is -4.27. The van der Waals surface area contributed by atoms with Gasteiger partial charge in [-0.15, -0.1) is 0 Å². The van der Waals surface area contributed by atoms with Crippen molar-refractivity contribution in [3.63, 3.8) is 0 Å². The lowest BCUT2D eigenvalue weighted by atomic mass is 10.0. The average Bonchev–Trinajstić information content (AvgIpc) is 3.24. The van der Waals surface area contributed by atoms with Crippen LogP contribution < -0.4 is 14.4 Å². The molecule has 1 N–H and O–H groups in total. The zero-order valence-electron chi connectivity index (χ0n) is 20.5. The fourth-order valence-corrected chi connectivity index (χ4v) is 5.24. The third-order valence-electron chi connectivity index (χ3n) is 6.93. The van der Waals surface area contributed by atoms with E-state index in [1.54, 1.807) is 23.8 Å². The van der Waals surface area contributed by atoms with Gasteiger partial charge in [-0.05, 0) is 42.7 Å². The summed E-state index contributed by atoms with van der Waals surface area (Å²) >= 11 is -1.67. The smallest absolute Gasteiger partial charge is 0.267 e. The number of carbonyl (C=O) groups is 1. The van der Waals surface area contributed by atoms with Crippen molar-refractivity contribution in [1.29, 1.82) is 0 Å². The zero-order valence-corrected chi connectivity index (χ0v) is 21.3. The molecular formula is C25H28F3N5O3S. The van der Waals surface area contributed by atoms with E-state index in [1.165, 1.54) is 22.6 Å². The highest BCUT2D eigenvalue weighted by Gasteiger charge is 2.57. The summed E-state index contributed by atoms with van der Waals surface area (Å²) in [5, 5.41) is 4.24. The number of alkyl halides is 2. The number of amides is 1. The van der Waals surface area contributed by atoms with Crippen LogP contribution in [0.4, 0.5) is 18.9 Å². The molecule has 0 spiro atoms. The Kier molecular flexibility index (Phi) is 6.88. The lowest BCUT2D eigenvalue weighted by Crippen LogP contribution is -2.36. The quantitative estimate of drug-likeness (QED) is 0.446. The Morgan fingerprint density at radius 3 is 2.84 bits per heavy atom. The molecular weight excluding hydrogens is 507 g/mol. The number of nitrogens with one attached hydrogen (secondary N) is 1. The number of pyridine rings is 1. The average molecular weight is 536 g/mol. The number of aromatic nitrogens is 2. The second kappa shape index (κ2) is 9.97. The molecule has 37 heavy (non-hydrogen) atoms. The van der Waals surface area contributed by atoms with Crippen molar-refractivity contribution in [1.82, 2.24) is 18.6 Å². The molecule has 3 atom stereocenters. The molecule has 5 rings (SSSR count). The molecule has 12 heteroatoms. The topological polar surface area (TPSA) is 79.2 Å². The predicted octanol–water partition coefficient (Wildman–Crippen LogP) is 4.11. The first-order chi connectivity index (χ1) is 17.7. The van der Waals surface area contributed by atoms with Crippen LogP contribution in [0.2, 0.25) is 0 Å². The molecule has 0 radical (unpaired) electrons. The number of ether oxygens (including phenoxy) is 1. The maximum absolute atomic E-state index is 14.5. The van der Waals surface area contributed by atoms with Crippen LogP contribution in [0.15, 0.2) is 42.7 Å². The van der Waals surface area contributed by atoms with E-state index in [0.717, 1.165) is 18.5 Å². The van der Waals surface area contributed by atoms with Gasteiger partial charge in [0, 0.05) is 44.5 Å². The van der Waals surface area contributed by atoms with Crippen LogP contribution in [0.25, 0.3) is 5.52 Å². The van der Waals surface area contributed by atoms with Gasteiger partial charge in [-0.1, -0.05) is 6.92 Å². The van der Waals surface area contributed by atoms with Crippen LogP contribution in [0.5, 0.6) is 5.75 Å². The maximum Gasteiger partial charge on any atom is 0.267 e. The number of fused-ring (bicyclic) bond motifs is 1. The molecule has 8 nitrogen and oxygen atoms in total. The Hall–Kier alpha value is -3.12. The number of nitrogens with zero attached hydrogens (tertiary/aromatic N) is 4. The van der Waals surface area contributed by atoms with Gasteiger partial charge >= 0.3 is 0 Å². The molecule has 1 aliphatic carbocycles. The SMILES string of the molecule is CCN(C)S(=O)NC(=O)c1cnn2ccc(N3CCC[C@@H]3c3cc(F)cc(OCC4CC4(F)F)c3)cc12. The van der Waals surface area contributed by atoms with E-state index in [9.17, 15) is 22.2 Å². The van der Waals surface area contributed by atoms with Gasteiger partial charge in [0.1, 0.15) is 11.6 Å². The van der Waals surface area contributed by atoms with E-state index in [4.69, 9.17) is 4.74 Å². The van der Waals surface area contributed by atoms with Gasteiger partial charge in [-0.3, -0.25) is 9.52 Å². The first kappa shape index (κ1) is 25.5. The van der Waals surface area contributed by atoms with E-state index < -0.39 is 34.7 Å². The van der Waals surface area contributed by atoms with Crippen LogP contribution in [0.3, 0.4) is 0 Å². The molecule has 2 fully saturated rings. The van der Waals surface area contributed by atoms with Gasteiger partial charge in [0.15, 0.2) is 11.2 Å². The second-order valence-corrected chi connectivity index (χ2v) is 10.8. The normalized spacial score (nSPS) is 21.4. The summed E-state index contributed by atoms with van der Waals surface area (Å²) in [7, 11) is 1.64. The highest BCUT2D eigenvalue weighted by molar-refractivity contribution is 7.81. The minimum Gasteiger partial charge on any atom is -0.493 e. The number of hydrogen-bond donors (Lipinski definition) is 1. The van der Waals surface area contributed by atoms with Crippen molar-refractivity contribution >= 4 is 28.3 Å². The lowest BCUT2D eigenvalue weighted by Gasteiger charge is -2.28. The number of hydrogen-bond acceptors (Lipinski definition) is 5. The summed E-state index contributed by atoms with van der Waals surface area (Å²) < 4.78 is 64.2. The molecule has 3 heterocycles. The zero-order chi connectivity index (χ0) is 26.3. The predicted molar refractivity (Wildman–Crippen MR) is 133 cm³/mol. The summed E-state index contributed by atoms with van der Waals surface area (Å²) in [5.41, 5.74) is 2.35. The monoisotopic (exact) mass is 535 g/mol. The van der Waals surface area contributed by atoms with Gasteiger partial charge in [0.2, 0.25) is 0 Å². The Labute approximate surface area is 215 Å². The molecule has 1 saturated heterocycles. The molecule has 0 bridgehead atoms. The molecule has 1 amide bonds. The van der Waals surface area contributed by atoms with E-state index in [2.05, 4.69) is 14.7 Å². The van der Waals surface area contributed by atoms with E-state index in [-0.39, 0.29) is 30.4 Å². The third kappa shape index (κ3) is 5.30. The second-order valence-electron chi connectivity index (χ2n) is 9.44. The minimum atomic E-state index is -2.69. The standard InChI is InChI=1S/C25H28F3N5O3S/c1-3-31(2)37(35)30-24(34)21-14-29-33-8-6-19(12-23(21)33)32-7-4-5-22(32)16-9-18(26)11-20(10-16)36-15-17-13-25(17,27)28/h6,8-12,14,17,22H,3-5,7,13,15H2,1-2H3,(H,30,34)/t17?,22-,37?/m1/s1. The fraction of sp³-hybridized carbons (Fsp3) is 0.440. The van der Waals surface area contributed by atoms with Crippen molar-refractivity contribution in [2.24, 2.45) is 5.92 Å². The van der Waals surface area contributed by atoms with E-state index >= 15 is 0 Å². The summed E-state index contributed by atoms with van der Waals surface area (Å²) in [4.78, 5) is 14.9. The van der Waals surface area contributed by atoms with Gasteiger partial charge in [0.05, 0.1) is 35.8 Å². The number of rotatable bonds is 9. The lowest BCUT2D eigenvalue weighted by molar-refractivity contribution is 0.0855. The first-order valence-electron chi connectivity index (χ1n) is 12.2. The Morgan fingerprint density at radius 2 is 2.11 bits per heavy atom. The van der Waals surface area contributed by atoms with Crippen LogP contribution >= 0.6 is 0 Å². The Bertz CT molecular complexity index is 1350. The molecule has 1 saturated carbocycles. The summed E-state index contributed by atoms with van der Waals surface area (Å²) in [6.45, 7) is 2.90. The number of carbonyl (C=O) groups excluding carboxylic acids is 1. The highest BCUT2D eigenvalue weighted by Crippen LogP contribution is 2.48.